The molecule has 4 aromatic rings. The average Bonchev–Trinajstić information content (AvgIpc) is 3.26. The Morgan fingerprint density at radius 3 is 2.78 bits per heavy atom. The number of nitrogens with zero attached hydrogens (tertiary/aromatic N) is 3. The van der Waals surface area contributed by atoms with Crippen molar-refractivity contribution in [2.24, 2.45) is 7.05 Å². The van der Waals surface area contributed by atoms with Crippen LogP contribution in [0.25, 0.3) is 21.5 Å². The Bertz CT molecular complexity index is 1150. The van der Waals surface area contributed by atoms with Crippen LogP contribution in [0.1, 0.15) is 16.1 Å². The van der Waals surface area contributed by atoms with Gasteiger partial charge in [-0.1, -0.05) is 35.6 Å². The zero-order chi connectivity index (χ0) is 19.0. The van der Waals surface area contributed by atoms with E-state index in [1.54, 1.807) is 24.9 Å². The van der Waals surface area contributed by atoms with Crippen molar-refractivity contribution < 1.29 is 9.53 Å². The number of thiazole rings is 1. The summed E-state index contributed by atoms with van der Waals surface area (Å²) in [4.78, 5) is 17.3. The minimum Gasteiger partial charge on any atom is -0.497 e. The fourth-order valence-electron chi connectivity index (χ4n) is 2.90. The number of ether oxygens (including phenoxy) is 1. The highest BCUT2D eigenvalue weighted by molar-refractivity contribution is 7.22. The summed E-state index contributed by atoms with van der Waals surface area (Å²) >= 11 is 1.46. The fraction of sp³-hybridized carbons (Fsp3) is 0.150. The maximum absolute atomic E-state index is 12.7. The summed E-state index contributed by atoms with van der Waals surface area (Å²) in [5.41, 5.74) is 4.06. The van der Waals surface area contributed by atoms with E-state index in [0.29, 0.717) is 16.5 Å². The molecule has 0 unspecified atom stereocenters. The number of benzene rings is 2. The second kappa shape index (κ2) is 6.85. The van der Waals surface area contributed by atoms with Gasteiger partial charge in [-0.3, -0.25) is 14.8 Å². The van der Waals surface area contributed by atoms with Crippen LogP contribution in [0.15, 0.2) is 48.5 Å². The van der Waals surface area contributed by atoms with Gasteiger partial charge in [0.1, 0.15) is 11.4 Å². The molecule has 4 rings (SSSR count). The second-order valence-electron chi connectivity index (χ2n) is 6.17. The van der Waals surface area contributed by atoms with Crippen molar-refractivity contribution in [3.05, 3.63) is 59.8 Å². The van der Waals surface area contributed by atoms with Gasteiger partial charge in [-0.2, -0.15) is 5.10 Å². The maximum atomic E-state index is 12.7. The molecule has 0 aliphatic carbocycles. The fourth-order valence-corrected chi connectivity index (χ4v) is 3.84. The molecule has 0 bridgehead atoms. The molecule has 2 heterocycles. The van der Waals surface area contributed by atoms with Crippen LogP contribution in [-0.2, 0) is 7.05 Å². The number of fused-ring (bicyclic) bond motifs is 1. The van der Waals surface area contributed by atoms with E-state index in [9.17, 15) is 4.79 Å². The van der Waals surface area contributed by atoms with Gasteiger partial charge in [0.2, 0.25) is 0 Å². The second-order valence-corrected chi connectivity index (χ2v) is 7.20. The van der Waals surface area contributed by atoms with Crippen molar-refractivity contribution in [3.63, 3.8) is 0 Å². The Morgan fingerprint density at radius 2 is 2.00 bits per heavy atom. The SMILES string of the molecule is COc1cccc(-c2cc(C(=O)Nc3nc4c(C)cccc4s3)n(C)n2)c1. The molecule has 7 heteroatoms. The lowest BCUT2D eigenvalue weighted by Gasteiger charge is -2.01. The van der Waals surface area contributed by atoms with E-state index < -0.39 is 0 Å². The first-order valence-corrected chi connectivity index (χ1v) is 9.23. The molecule has 1 N–H and O–H groups in total. The Morgan fingerprint density at radius 1 is 1.19 bits per heavy atom. The molecular formula is C20H18N4O2S. The van der Waals surface area contributed by atoms with E-state index in [2.05, 4.69) is 15.4 Å². The average molecular weight is 378 g/mol. The van der Waals surface area contributed by atoms with E-state index in [4.69, 9.17) is 4.74 Å². The number of para-hydroxylation sites is 1. The number of rotatable bonds is 4. The van der Waals surface area contributed by atoms with Crippen molar-refractivity contribution in [2.45, 2.75) is 6.92 Å². The number of nitrogens with one attached hydrogen (secondary N) is 1. The van der Waals surface area contributed by atoms with Crippen LogP contribution in [0.2, 0.25) is 0 Å². The number of carbonyl (C=O) groups is 1. The normalized spacial score (nSPS) is 10.9. The third-order valence-electron chi connectivity index (χ3n) is 4.32. The number of anilines is 1. The Labute approximate surface area is 160 Å². The minimum absolute atomic E-state index is 0.240. The quantitative estimate of drug-likeness (QED) is 0.576. The minimum atomic E-state index is -0.240. The summed E-state index contributed by atoms with van der Waals surface area (Å²) < 4.78 is 7.88. The first-order valence-electron chi connectivity index (χ1n) is 8.41. The van der Waals surface area contributed by atoms with Gasteiger partial charge in [-0.25, -0.2) is 4.98 Å². The highest BCUT2D eigenvalue weighted by Crippen LogP contribution is 2.29. The van der Waals surface area contributed by atoms with Crippen molar-refractivity contribution in [1.29, 1.82) is 0 Å². The van der Waals surface area contributed by atoms with Gasteiger partial charge >= 0.3 is 0 Å². The number of methoxy groups -OCH3 is 1. The van der Waals surface area contributed by atoms with E-state index in [-0.39, 0.29) is 5.91 Å². The topological polar surface area (TPSA) is 69.0 Å². The van der Waals surface area contributed by atoms with E-state index in [1.165, 1.54) is 11.3 Å². The first-order chi connectivity index (χ1) is 13.0. The molecule has 27 heavy (non-hydrogen) atoms. The maximum Gasteiger partial charge on any atom is 0.275 e. The molecule has 0 aliphatic heterocycles. The van der Waals surface area contributed by atoms with E-state index in [1.807, 2.05) is 49.4 Å². The van der Waals surface area contributed by atoms with Gasteiger partial charge in [-0.05, 0) is 36.8 Å². The zero-order valence-electron chi connectivity index (χ0n) is 15.2. The van der Waals surface area contributed by atoms with Gasteiger partial charge in [0, 0.05) is 12.6 Å². The van der Waals surface area contributed by atoms with Gasteiger partial charge in [-0.15, -0.1) is 0 Å². The summed E-state index contributed by atoms with van der Waals surface area (Å²) in [6.07, 6.45) is 0. The predicted molar refractivity (Wildman–Crippen MR) is 108 cm³/mol. The lowest BCUT2D eigenvalue weighted by Crippen LogP contribution is -2.15. The smallest absolute Gasteiger partial charge is 0.275 e. The molecule has 0 aliphatic rings. The summed E-state index contributed by atoms with van der Waals surface area (Å²) in [5.74, 6) is 0.504. The number of carbonyl (C=O) groups excluding carboxylic acids is 1. The Hall–Kier alpha value is -3.19. The molecule has 0 saturated heterocycles. The number of hydrogen-bond acceptors (Lipinski definition) is 5. The van der Waals surface area contributed by atoms with Crippen molar-refractivity contribution in [3.8, 4) is 17.0 Å². The van der Waals surface area contributed by atoms with Crippen LogP contribution in [0.5, 0.6) is 5.75 Å². The van der Waals surface area contributed by atoms with Gasteiger partial charge in [0.15, 0.2) is 5.13 Å². The molecule has 6 nitrogen and oxygen atoms in total. The number of aromatic nitrogens is 3. The molecular weight excluding hydrogens is 360 g/mol. The first kappa shape index (κ1) is 17.2. The van der Waals surface area contributed by atoms with Crippen LogP contribution in [0.3, 0.4) is 0 Å². The Balaban J connectivity index is 1.61. The number of hydrogen-bond donors (Lipinski definition) is 1. The summed E-state index contributed by atoms with van der Waals surface area (Å²) in [5, 5.41) is 7.92. The van der Waals surface area contributed by atoms with Gasteiger partial charge in [0.25, 0.3) is 5.91 Å². The van der Waals surface area contributed by atoms with Gasteiger partial charge in [0.05, 0.1) is 23.0 Å². The molecule has 0 atom stereocenters. The molecule has 136 valence electrons. The standard InChI is InChI=1S/C20H18N4O2S/c1-12-6-4-9-17-18(12)21-20(27-17)22-19(25)16-11-15(23-24(16)2)13-7-5-8-14(10-13)26-3/h4-11H,1-3H3,(H,21,22,25). The van der Waals surface area contributed by atoms with Crippen molar-refractivity contribution in [2.75, 3.05) is 12.4 Å². The summed E-state index contributed by atoms with van der Waals surface area (Å²) in [6, 6.07) is 15.4. The summed E-state index contributed by atoms with van der Waals surface area (Å²) in [7, 11) is 3.37. The van der Waals surface area contributed by atoms with E-state index >= 15 is 0 Å². The number of amides is 1. The lowest BCUT2D eigenvalue weighted by molar-refractivity contribution is 0.101. The molecule has 2 aromatic carbocycles. The van der Waals surface area contributed by atoms with Crippen molar-refractivity contribution >= 4 is 32.6 Å². The monoisotopic (exact) mass is 378 g/mol. The van der Waals surface area contributed by atoms with Gasteiger partial charge < -0.3 is 4.74 Å². The molecule has 1 amide bonds. The Kier molecular flexibility index (Phi) is 4.37. The van der Waals surface area contributed by atoms with Crippen LogP contribution in [0.4, 0.5) is 5.13 Å². The van der Waals surface area contributed by atoms with Crippen LogP contribution in [0, 0.1) is 6.92 Å². The molecule has 0 fully saturated rings. The highest BCUT2D eigenvalue weighted by Gasteiger charge is 2.17. The molecule has 0 saturated carbocycles. The molecule has 2 aromatic heterocycles. The third kappa shape index (κ3) is 3.29. The molecule has 0 radical (unpaired) electrons. The van der Waals surface area contributed by atoms with E-state index in [0.717, 1.165) is 27.1 Å². The molecule has 0 spiro atoms. The zero-order valence-corrected chi connectivity index (χ0v) is 16.0. The van der Waals surface area contributed by atoms with Crippen molar-refractivity contribution in [1.82, 2.24) is 14.8 Å². The largest absolute Gasteiger partial charge is 0.497 e. The third-order valence-corrected chi connectivity index (χ3v) is 5.26. The van der Waals surface area contributed by atoms with Crippen LogP contribution < -0.4 is 10.1 Å². The number of aryl methyl sites for hydroxylation is 2. The lowest BCUT2D eigenvalue weighted by atomic mass is 10.1. The van der Waals surface area contributed by atoms with Crippen LogP contribution >= 0.6 is 11.3 Å². The highest BCUT2D eigenvalue weighted by atomic mass is 32.1. The predicted octanol–water partition coefficient (Wildman–Crippen LogP) is 4.27. The van der Waals surface area contributed by atoms with Crippen LogP contribution in [-0.4, -0.2) is 27.8 Å². The summed E-state index contributed by atoms with van der Waals surface area (Å²) in [6.45, 7) is 2.01.